The van der Waals surface area contributed by atoms with Crippen molar-refractivity contribution in [2.75, 3.05) is 0 Å². The third kappa shape index (κ3) is 2.68. The van der Waals surface area contributed by atoms with Crippen LogP contribution in [0.3, 0.4) is 0 Å². The quantitative estimate of drug-likeness (QED) is 0.805. The van der Waals surface area contributed by atoms with Gasteiger partial charge in [-0.05, 0) is 37.3 Å². The highest BCUT2D eigenvalue weighted by Gasteiger charge is 2.26. The first-order valence-electron chi connectivity index (χ1n) is 7.39. The Bertz CT molecular complexity index is 666. The molecule has 0 atom stereocenters. The number of benzene rings is 1. The highest BCUT2D eigenvalue weighted by molar-refractivity contribution is 7.71. The van der Waals surface area contributed by atoms with Gasteiger partial charge in [0.05, 0.1) is 5.69 Å². The van der Waals surface area contributed by atoms with Gasteiger partial charge in [-0.2, -0.15) is 0 Å². The van der Waals surface area contributed by atoms with E-state index in [1.165, 1.54) is 30.4 Å². The third-order valence-corrected chi connectivity index (χ3v) is 4.31. The summed E-state index contributed by atoms with van der Waals surface area (Å²) in [5.41, 5.74) is 4.81. The minimum atomic E-state index is 0.593. The molecule has 1 aromatic heterocycles. The van der Waals surface area contributed by atoms with Gasteiger partial charge in [-0.25, -0.2) is 4.98 Å². The molecule has 1 fully saturated rings. The van der Waals surface area contributed by atoms with Crippen LogP contribution in [0.25, 0.3) is 11.3 Å². The number of H-pyrrole nitrogens is 1. The number of aryl methyl sites for hydroxylation is 1. The minimum absolute atomic E-state index is 0.593. The molecular weight excluding hydrogens is 264 g/mol. The van der Waals surface area contributed by atoms with Gasteiger partial charge in [0.1, 0.15) is 10.5 Å². The lowest BCUT2D eigenvalue weighted by Gasteiger charge is -2.10. The molecular formula is C17H20N2S. The molecule has 0 saturated heterocycles. The summed E-state index contributed by atoms with van der Waals surface area (Å²) in [6, 6.07) is 8.81. The summed E-state index contributed by atoms with van der Waals surface area (Å²) in [6.07, 6.45) is 4.78. The van der Waals surface area contributed by atoms with E-state index in [1.807, 2.05) is 0 Å². The van der Waals surface area contributed by atoms with Crippen molar-refractivity contribution in [1.29, 1.82) is 0 Å². The van der Waals surface area contributed by atoms with Crippen LogP contribution in [0.1, 0.15) is 49.1 Å². The Morgan fingerprint density at radius 1 is 1.25 bits per heavy atom. The monoisotopic (exact) mass is 284 g/mol. The summed E-state index contributed by atoms with van der Waals surface area (Å²) in [7, 11) is 0. The lowest BCUT2D eigenvalue weighted by Crippen LogP contribution is -1.99. The number of aromatic nitrogens is 2. The van der Waals surface area contributed by atoms with Crippen molar-refractivity contribution in [3.8, 4) is 11.3 Å². The predicted octanol–water partition coefficient (Wildman–Crippen LogP) is 4.94. The maximum Gasteiger partial charge on any atom is 0.133 e. The SMILES string of the molecule is CCCc1ccc(-c2[nH]c(C3CC3)nc(=S)c2C)cc1. The van der Waals surface area contributed by atoms with Gasteiger partial charge in [0.2, 0.25) is 0 Å². The zero-order valence-corrected chi connectivity index (χ0v) is 12.9. The molecule has 0 bridgehead atoms. The topological polar surface area (TPSA) is 28.7 Å². The van der Waals surface area contributed by atoms with E-state index in [9.17, 15) is 0 Å². The second-order valence-electron chi connectivity index (χ2n) is 5.65. The average Bonchev–Trinajstić information content (AvgIpc) is 3.28. The molecule has 0 aliphatic heterocycles. The Morgan fingerprint density at radius 2 is 1.95 bits per heavy atom. The van der Waals surface area contributed by atoms with Gasteiger partial charge >= 0.3 is 0 Å². The zero-order chi connectivity index (χ0) is 14.1. The number of nitrogens with zero attached hydrogens (tertiary/aromatic N) is 1. The highest BCUT2D eigenvalue weighted by atomic mass is 32.1. The molecule has 2 nitrogen and oxygen atoms in total. The first-order valence-corrected chi connectivity index (χ1v) is 7.80. The van der Waals surface area contributed by atoms with Crippen molar-refractivity contribution >= 4 is 12.2 Å². The smallest absolute Gasteiger partial charge is 0.133 e. The average molecular weight is 284 g/mol. The highest BCUT2D eigenvalue weighted by Crippen LogP contribution is 2.39. The van der Waals surface area contributed by atoms with E-state index in [-0.39, 0.29) is 0 Å². The van der Waals surface area contributed by atoms with E-state index in [2.05, 4.69) is 48.1 Å². The van der Waals surface area contributed by atoms with Crippen LogP contribution in [0.2, 0.25) is 0 Å². The number of rotatable bonds is 4. The molecule has 1 heterocycles. The van der Waals surface area contributed by atoms with Gasteiger partial charge in [0.15, 0.2) is 0 Å². The Morgan fingerprint density at radius 3 is 2.55 bits per heavy atom. The van der Waals surface area contributed by atoms with Crippen molar-refractivity contribution in [3.63, 3.8) is 0 Å². The Hall–Kier alpha value is -1.48. The van der Waals surface area contributed by atoms with Gasteiger partial charge in [0, 0.05) is 11.5 Å². The van der Waals surface area contributed by atoms with E-state index >= 15 is 0 Å². The molecule has 0 unspecified atom stereocenters. The first-order chi connectivity index (χ1) is 9.69. The van der Waals surface area contributed by atoms with Gasteiger partial charge in [0.25, 0.3) is 0 Å². The fourth-order valence-corrected chi connectivity index (χ4v) is 2.72. The van der Waals surface area contributed by atoms with Crippen LogP contribution in [-0.2, 0) is 6.42 Å². The molecule has 1 aliphatic carbocycles. The molecule has 1 aliphatic rings. The van der Waals surface area contributed by atoms with Gasteiger partial charge in [-0.1, -0.05) is 49.8 Å². The molecule has 3 heteroatoms. The predicted molar refractivity (Wildman–Crippen MR) is 85.6 cm³/mol. The van der Waals surface area contributed by atoms with Crippen molar-refractivity contribution in [2.24, 2.45) is 0 Å². The number of hydrogen-bond donors (Lipinski definition) is 1. The molecule has 0 amide bonds. The lowest BCUT2D eigenvalue weighted by atomic mass is 10.0. The lowest BCUT2D eigenvalue weighted by molar-refractivity contribution is 0.912. The molecule has 1 N–H and O–H groups in total. The number of nitrogens with one attached hydrogen (secondary N) is 1. The zero-order valence-electron chi connectivity index (χ0n) is 12.1. The van der Waals surface area contributed by atoms with Crippen molar-refractivity contribution in [3.05, 3.63) is 45.9 Å². The normalized spacial score (nSPS) is 14.5. The van der Waals surface area contributed by atoms with Crippen molar-refractivity contribution in [1.82, 2.24) is 9.97 Å². The van der Waals surface area contributed by atoms with Gasteiger partial charge in [-0.3, -0.25) is 0 Å². The summed E-state index contributed by atoms with van der Waals surface area (Å²) in [5.74, 6) is 1.66. The van der Waals surface area contributed by atoms with Crippen LogP contribution in [0.15, 0.2) is 24.3 Å². The molecule has 2 aromatic rings. The van der Waals surface area contributed by atoms with Crippen LogP contribution in [0, 0.1) is 11.6 Å². The Labute approximate surface area is 125 Å². The van der Waals surface area contributed by atoms with Crippen molar-refractivity contribution < 1.29 is 0 Å². The molecule has 1 saturated carbocycles. The molecule has 104 valence electrons. The van der Waals surface area contributed by atoms with E-state index in [4.69, 9.17) is 12.2 Å². The Balaban J connectivity index is 2.01. The van der Waals surface area contributed by atoms with E-state index in [0.29, 0.717) is 5.92 Å². The molecule has 0 radical (unpaired) electrons. The molecule has 1 aromatic carbocycles. The molecule has 0 spiro atoms. The summed E-state index contributed by atoms with van der Waals surface area (Å²) in [5, 5.41) is 0. The maximum atomic E-state index is 5.41. The fourth-order valence-electron chi connectivity index (χ4n) is 2.52. The van der Waals surface area contributed by atoms with Crippen LogP contribution < -0.4 is 0 Å². The third-order valence-electron chi connectivity index (χ3n) is 3.92. The van der Waals surface area contributed by atoms with E-state index in [1.54, 1.807) is 0 Å². The van der Waals surface area contributed by atoms with Crippen LogP contribution >= 0.6 is 12.2 Å². The van der Waals surface area contributed by atoms with Gasteiger partial charge in [-0.15, -0.1) is 0 Å². The second kappa shape index (κ2) is 5.49. The van der Waals surface area contributed by atoms with E-state index < -0.39 is 0 Å². The largest absolute Gasteiger partial charge is 0.343 e. The summed E-state index contributed by atoms with van der Waals surface area (Å²) < 4.78 is 0.735. The van der Waals surface area contributed by atoms with Crippen molar-refractivity contribution in [2.45, 2.75) is 45.4 Å². The minimum Gasteiger partial charge on any atom is -0.343 e. The van der Waals surface area contributed by atoms with Crippen LogP contribution in [-0.4, -0.2) is 9.97 Å². The first kappa shape index (κ1) is 13.5. The van der Waals surface area contributed by atoms with Gasteiger partial charge < -0.3 is 4.98 Å². The summed E-state index contributed by atoms with van der Waals surface area (Å²) in [4.78, 5) is 8.03. The molecule has 3 rings (SSSR count). The number of aromatic amines is 1. The van der Waals surface area contributed by atoms with Crippen LogP contribution in [0.4, 0.5) is 0 Å². The second-order valence-corrected chi connectivity index (χ2v) is 6.04. The Kier molecular flexibility index (Phi) is 3.70. The number of hydrogen-bond acceptors (Lipinski definition) is 2. The standard InChI is InChI=1S/C17H20N2S/c1-3-4-12-5-7-13(8-6-12)15-11(2)17(20)19-16(18-15)14-9-10-14/h5-8,14H,3-4,9-10H2,1-2H3,(H,18,19,20). The van der Waals surface area contributed by atoms with E-state index in [0.717, 1.165) is 28.1 Å². The summed E-state index contributed by atoms with van der Waals surface area (Å²) in [6.45, 7) is 4.26. The summed E-state index contributed by atoms with van der Waals surface area (Å²) >= 11 is 5.41. The van der Waals surface area contributed by atoms with Crippen LogP contribution in [0.5, 0.6) is 0 Å². The maximum absolute atomic E-state index is 5.41. The molecule has 20 heavy (non-hydrogen) atoms. The fraction of sp³-hybridized carbons (Fsp3) is 0.412.